The van der Waals surface area contributed by atoms with Gasteiger partial charge in [-0.05, 0) is 31.2 Å². The maximum atomic E-state index is 11.9. The lowest BCUT2D eigenvalue weighted by Crippen LogP contribution is -2.11. The zero-order valence-electron chi connectivity index (χ0n) is 12.0. The van der Waals surface area contributed by atoms with Crippen molar-refractivity contribution in [2.24, 2.45) is 0 Å². The first-order valence-corrected chi connectivity index (χ1v) is 8.06. The molecule has 0 spiro atoms. The molecule has 0 unspecified atom stereocenters. The summed E-state index contributed by atoms with van der Waals surface area (Å²) >= 11 is 0. The predicted octanol–water partition coefficient (Wildman–Crippen LogP) is 2.54. The highest BCUT2D eigenvalue weighted by atomic mass is 32.2. The van der Waals surface area contributed by atoms with Crippen LogP contribution in [0.5, 0.6) is 0 Å². The van der Waals surface area contributed by atoms with Gasteiger partial charge in [-0.1, -0.05) is 17.7 Å². The summed E-state index contributed by atoms with van der Waals surface area (Å²) in [6.07, 6.45) is 1.63. The maximum Gasteiger partial charge on any atom is 0.374 e. The van der Waals surface area contributed by atoms with Gasteiger partial charge in [0.15, 0.2) is 0 Å². The standard InChI is InChI=1S/C15H16O6S/c1-12-5-7-13(8-6-12)22(17,18)21-11-3-10-20-15(16)14-4-2-9-19-14/h2,4-9H,3,10-11H2,1H3. The lowest BCUT2D eigenvalue weighted by Gasteiger charge is -2.06. The van der Waals surface area contributed by atoms with Gasteiger partial charge in [-0.25, -0.2) is 4.79 Å². The van der Waals surface area contributed by atoms with Crippen LogP contribution in [-0.2, 0) is 19.0 Å². The molecular formula is C15H16O6S. The molecule has 1 aromatic carbocycles. The van der Waals surface area contributed by atoms with E-state index >= 15 is 0 Å². The number of furan rings is 1. The van der Waals surface area contributed by atoms with E-state index < -0.39 is 16.1 Å². The Kier molecular flexibility index (Phi) is 5.35. The Labute approximate surface area is 128 Å². The quantitative estimate of drug-likeness (QED) is 0.442. The van der Waals surface area contributed by atoms with Crippen LogP contribution in [-0.4, -0.2) is 27.6 Å². The van der Waals surface area contributed by atoms with E-state index in [-0.39, 0.29) is 30.3 Å². The van der Waals surface area contributed by atoms with Crippen molar-refractivity contribution in [2.75, 3.05) is 13.2 Å². The number of carbonyl (C=O) groups excluding carboxylic acids is 1. The molecule has 0 saturated heterocycles. The molecule has 0 aliphatic heterocycles. The number of hydrogen-bond donors (Lipinski definition) is 0. The predicted molar refractivity (Wildman–Crippen MR) is 77.9 cm³/mol. The lowest BCUT2D eigenvalue weighted by molar-refractivity contribution is 0.0451. The Morgan fingerprint density at radius 3 is 2.50 bits per heavy atom. The van der Waals surface area contributed by atoms with E-state index in [0.29, 0.717) is 0 Å². The zero-order valence-corrected chi connectivity index (χ0v) is 12.8. The molecule has 0 saturated carbocycles. The number of ether oxygens (including phenoxy) is 1. The van der Waals surface area contributed by atoms with Crippen LogP contribution in [0.3, 0.4) is 0 Å². The number of rotatable bonds is 7. The summed E-state index contributed by atoms with van der Waals surface area (Å²) in [5.74, 6) is -0.486. The molecule has 0 aliphatic rings. The Hall–Kier alpha value is -2.12. The van der Waals surface area contributed by atoms with Crippen LogP contribution in [0.2, 0.25) is 0 Å². The van der Waals surface area contributed by atoms with Crippen LogP contribution >= 0.6 is 0 Å². The van der Waals surface area contributed by atoms with Gasteiger partial charge in [0, 0.05) is 6.42 Å². The highest BCUT2D eigenvalue weighted by Crippen LogP contribution is 2.13. The fourth-order valence-electron chi connectivity index (χ4n) is 1.63. The minimum atomic E-state index is -3.78. The van der Waals surface area contributed by atoms with E-state index in [2.05, 4.69) is 0 Å². The van der Waals surface area contributed by atoms with E-state index in [9.17, 15) is 13.2 Å². The molecule has 2 rings (SSSR count). The molecule has 0 bridgehead atoms. The highest BCUT2D eigenvalue weighted by molar-refractivity contribution is 7.86. The van der Waals surface area contributed by atoms with Crippen LogP contribution < -0.4 is 0 Å². The third-order valence-electron chi connectivity index (χ3n) is 2.79. The summed E-state index contributed by atoms with van der Waals surface area (Å²) in [6, 6.07) is 9.43. The highest BCUT2D eigenvalue weighted by Gasteiger charge is 2.15. The largest absolute Gasteiger partial charge is 0.460 e. The van der Waals surface area contributed by atoms with Crippen LogP contribution in [0.1, 0.15) is 22.5 Å². The van der Waals surface area contributed by atoms with Crippen LogP contribution in [0.4, 0.5) is 0 Å². The molecule has 1 aromatic heterocycles. The smallest absolute Gasteiger partial charge is 0.374 e. The van der Waals surface area contributed by atoms with Crippen molar-refractivity contribution in [3.8, 4) is 0 Å². The van der Waals surface area contributed by atoms with Crippen molar-refractivity contribution in [1.82, 2.24) is 0 Å². The first kappa shape index (κ1) is 16.3. The number of carbonyl (C=O) groups is 1. The molecule has 1 heterocycles. The van der Waals surface area contributed by atoms with Gasteiger partial charge >= 0.3 is 5.97 Å². The molecule has 0 radical (unpaired) electrons. The van der Waals surface area contributed by atoms with E-state index in [1.54, 1.807) is 18.2 Å². The van der Waals surface area contributed by atoms with Crippen LogP contribution in [0.25, 0.3) is 0 Å². The van der Waals surface area contributed by atoms with Crippen LogP contribution in [0, 0.1) is 6.92 Å². The minimum absolute atomic E-state index is 0.0446. The molecule has 0 atom stereocenters. The second-order valence-corrected chi connectivity index (χ2v) is 6.17. The summed E-state index contributed by atoms with van der Waals surface area (Å²) in [4.78, 5) is 11.5. The van der Waals surface area contributed by atoms with Gasteiger partial charge in [-0.15, -0.1) is 0 Å². The monoisotopic (exact) mass is 324 g/mol. The molecule has 2 aromatic rings. The average molecular weight is 324 g/mol. The first-order valence-electron chi connectivity index (χ1n) is 6.66. The number of benzene rings is 1. The van der Waals surface area contributed by atoms with Crippen molar-refractivity contribution >= 4 is 16.1 Å². The van der Waals surface area contributed by atoms with E-state index in [1.807, 2.05) is 6.92 Å². The number of hydrogen-bond acceptors (Lipinski definition) is 6. The molecule has 118 valence electrons. The topological polar surface area (TPSA) is 82.8 Å². The summed E-state index contributed by atoms with van der Waals surface area (Å²) in [5, 5.41) is 0. The molecular weight excluding hydrogens is 308 g/mol. The second-order valence-electron chi connectivity index (χ2n) is 4.56. The first-order chi connectivity index (χ1) is 10.5. The summed E-state index contributed by atoms with van der Waals surface area (Å²) < 4.78 is 38.4. The van der Waals surface area contributed by atoms with Gasteiger partial charge < -0.3 is 9.15 Å². The molecule has 0 aliphatic carbocycles. The average Bonchev–Trinajstić information content (AvgIpc) is 3.01. The normalized spacial score (nSPS) is 11.3. The van der Waals surface area contributed by atoms with Gasteiger partial charge in [0.25, 0.3) is 10.1 Å². The molecule has 22 heavy (non-hydrogen) atoms. The summed E-state index contributed by atoms with van der Waals surface area (Å²) in [6.45, 7) is 1.84. The minimum Gasteiger partial charge on any atom is -0.460 e. The van der Waals surface area contributed by atoms with Gasteiger partial charge in [-0.2, -0.15) is 8.42 Å². The lowest BCUT2D eigenvalue weighted by atomic mass is 10.2. The van der Waals surface area contributed by atoms with Gasteiger partial charge in [0.2, 0.25) is 5.76 Å². The molecule has 0 fully saturated rings. The van der Waals surface area contributed by atoms with Gasteiger partial charge in [0.1, 0.15) is 0 Å². The molecule has 0 N–H and O–H groups in total. The third-order valence-corrected chi connectivity index (χ3v) is 4.12. The van der Waals surface area contributed by atoms with Crippen LogP contribution in [0.15, 0.2) is 52.0 Å². The molecule has 0 amide bonds. The van der Waals surface area contributed by atoms with Crippen molar-refractivity contribution < 1.29 is 26.5 Å². The fraction of sp³-hybridized carbons (Fsp3) is 0.267. The molecule has 7 heteroatoms. The van der Waals surface area contributed by atoms with Crippen molar-refractivity contribution in [3.05, 3.63) is 54.0 Å². The third kappa shape index (κ3) is 4.44. The van der Waals surface area contributed by atoms with E-state index in [0.717, 1.165) is 5.56 Å². The van der Waals surface area contributed by atoms with Gasteiger partial charge in [0.05, 0.1) is 24.4 Å². The summed E-state index contributed by atoms with van der Waals surface area (Å²) in [5.41, 5.74) is 0.962. The second kappa shape index (κ2) is 7.24. The fourth-order valence-corrected chi connectivity index (χ4v) is 2.57. The SMILES string of the molecule is Cc1ccc(S(=O)(=O)OCCCOC(=O)c2ccco2)cc1. The zero-order chi connectivity index (χ0) is 16.0. The summed E-state index contributed by atoms with van der Waals surface area (Å²) in [7, 11) is -3.78. The Morgan fingerprint density at radius 1 is 1.14 bits per heavy atom. The molecule has 6 nitrogen and oxygen atoms in total. The number of esters is 1. The van der Waals surface area contributed by atoms with E-state index in [4.69, 9.17) is 13.3 Å². The van der Waals surface area contributed by atoms with Crippen molar-refractivity contribution in [2.45, 2.75) is 18.2 Å². The van der Waals surface area contributed by atoms with E-state index in [1.165, 1.54) is 24.5 Å². The number of aryl methyl sites for hydroxylation is 1. The van der Waals surface area contributed by atoms with Gasteiger partial charge in [-0.3, -0.25) is 4.18 Å². The van der Waals surface area contributed by atoms with Crippen molar-refractivity contribution in [1.29, 1.82) is 0 Å². The van der Waals surface area contributed by atoms with Crippen molar-refractivity contribution in [3.63, 3.8) is 0 Å². The Bertz CT molecular complexity index is 701. The Balaban J connectivity index is 1.74. The Morgan fingerprint density at radius 2 is 1.86 bits per heavy atom. The maximum absolute atomic E-state index is 11.9.